The van der Waals surface area contributed by atoms with E-state index in [0.717, 1.165) is 12.0 Å². The first-order valence-corrected chi connectivity index (χ1v) is 7.81. The minimum atomic E-state index is 0.716. The zero-order chi connectivity index (χ0) is 13.0. The molecule has 0 aromatic rings. The lowest BCUT2D eigenvalue weighted by atomic mass is 9.87. The van der Waals surface area contributed by atoms with Gasteiger partial charge in [0.05, 0.1) is 0 Å². The van der Waals surface area contributed by atoms with Gasteiger partial charge < -0.3 is 10.2 Å². The molecule has 1 saturated carbocycles. The molecular formula is C15H31N3. The Labute approximate surface area is 113 Å². The largest absolute Gasteiger partial charge is 0.313 e. The van der Waals surface area contributed by atoms with Crippen molar-refractivity contribution in [2.24, 2.45) is 5.92 Å². The topological polar surface area (TPSA) is 18.5 Å². The predicted molar refractivity (Wildman–Crippen MR) is 78.0 cm³/mol. The molecule has 0 bridgehead atoms. The maximum absolute atomic E-state index is 3.77. The molecule has 3 unspecified atom stereocenters. The summed E-state index contributed by atoms with van der Waals surface area (Å²) in [5, 5.41) is 3.77. The fourth-order valence-electron chi connectivity index (χ4n) is 3.37. The molecule has 3 atom stereocenters. The van der Waals surface area contributed by atoms with Gasteiger partial charge in [-0.25, -0.2) is 0 Å². The Kier molecular flexibility index (Phi) is 5.46. The van der Waals surface area contributed by atoms with Crippen molar-refractivity contribution in [3.63, 3.8) is 0 Å². The van der Waals surface area contributed by atoms with Crippen molar-refractivity contribution in [3.05, 3.63) is 0 Å². The van der Waals surface area contributed by atoms with E-state index in [4.69, 9.17) is 0 Å². The summed E-state index contributed by atoms with van der Waals surface area (Å²) in [7, 11) is 2.24. The van der Waals surface area contributed by atoms with Crippen LogP contribution in [-0.2, 0) is 0 Å². The van der Waals surface area contributed by atoms with Crippen molar-refractivity contribution >= 4 is 0 Å². The monoisotopic (exact) mass is 253 g/mol. The normalized spacial score (nSPS) is 35.8. The summed E-state index contributed by atoms with van der Waals surface area (Å²) in [6.45, 7) is 10.8. The highest BCUT2D eigenvalue weighted by atomic mass is 15.3. The van der Waals surface area contributed by atoms with E-state index in [1.54, 1.807) is 0 Å². The number of rotatable bonds is 4. The predicted octanol–water partition coefficient (Wildman–Crippen LogP) is 1.79. The van der Waals surface area contributed by atoms with Crippen LogP contribution in [0.15, 0.2) is 0 Å². The van der Waals surface area contributed by atoms with Crippen LogP contribution in [-0.4, -0.2) is 61.7 Å². The average Bonchev–Trinajstić information content (AvgIpc) is 2.34. The van der Waals surface area contributed by atoms with Gasteiger partial charge in [0.1, 0.15) is 0 Å². The molecule has 0 amide bonds. The highest BCUT2D eigenvalue weighted by Crippen LogP contribution is 2.23. The summed E-state index contributed by atoms with van der Waals surface area (Å²) in [5.41, 5.74) is 0. The molecule has 1 saturated heterocycles. The lowest BCUT2D eigenvalue weighted by Crippen LogP contribution is -2.51. The minimum Gasteiger partial charge on any atom is -0.313 e. The van der Waals surface area contributed by atoms with Gasteiger partial charge in [-0.15, -0.1) is 0 Å². The van der Waals surface area contributed by atoms with Crippen LogP contribution in [0.3, 0.4) is 0 Å². The zero-order valence-corrected chi connectivity index (χ0v) is 12.5. The van der Waals surface area contributed by atoms with Gasteiger partial charge in [0.15, 0.2) is 0 Å². The third-order valence-corrected chi connectivity index (χ3v) is 4.84. The van der Waals surface area contributed by atoms with Gasteiger partial charge in [-0.3, -0.25) is 4.90 Å². The highest BCUT2D eigenvalue weighted by molar-refractivity contribution is 4.79. The van der Waals surface area contributed by atoms with E-state index in [1.807, 2.05) is 0 Å². The Bertz CT molecular complexity index is 244. The third kappa shape index (κ3) is 4.22. The standard InChI is InChI=1S/C15H31N3/c1-13-5-4-6-15(11-13)16-7-8-18-10-9-17(3)14(2)12-18/h13-16H,4-12H2,1-3H3. The number of nitrogens with one attached hydrogen (secondary N) is 1. The van der Waals surface area contributed by atoms with Crippen molar-refractivity contribution in [1.82, 2.24) is 15.1 Å². The van der Waals surface area contributed by atoms with Crippen molar-refractivity contribution in [3.8, 4) is 0 Å². The van der Waals surface area contributed by atoms with Crippen LogP contribution in [0.25, 0.3) is 0 Å². The molecular weight excluding hydrogens is 222 g/mol. The van der Waals surface area contributed by atoms with Crippen LogP contribution in [0.4, 0.5) is 0 Å². The second-order valence-electron chi connectivity index (χ2n) is 6.55. The molecule has 3 heteroatoms. The Morgan fingerprint density at radius 1 is 1.17 bits per heavy atom. The molecule has 0 radical (unpaired) electrons. The Morgan fingerprint density at radius 3 is 2.72 bits per heavy atom. The van der Waals surface area contributed by atoms with Crippen LogP contribution in [0, 0.1) is 5.92 Å². The van der Waals surface area contributed by atoms with E-state index in [9.17, 15) is 0 Å². The van der Waals surface area contributed by atoms with E-state index in [0.29, 0.717) is 6.04 Å². The molecule has 1 heterocycles. The summed E-state index contributed by atoms with van der Waals surface area (Å²) in [6, 6.07) is 1.51. The lowest BCUT2D eigenvalue weighted by molar-refractivity contribution is 0.104. The van der Waals surface area contributed by atoms with Gasteiger partial charge >= 0.3 is 0 Å². The molecule has 1 aliphatic heterocycles. The first kappa shape index (κ1) is 14.3. The number of piperazine rings is 1. The van der Waals surface area contributed by atoms with E-state index in [1.165, 1.54) is 58.4 Å². The highest BCUT2D eigenvalue weighted by Gasteiger charge is 2.21. The summed E-state index contributed by atoms with van der Waals surface area (Å²) in [5.74, 6) is 0.930. The van der Waals surface area contributed by atoms with E-state index in [2.05, 4.69) is 36.0 Å². The molecule has 1 N–H and O–H groups in total. The third-order valence-electron chi connectivity index (χ3n) is 4.84. The fraction of sp³-hybridized carbons (Fsp3) is 1.00. The quantitative estimate of drug-likeness (QED) is 0.824. The van der Waals surface area contributed by atoms with E-state index < -0.39 is 0 Å². The van der Waals surface area contributed by atoms with Gasteiger partial charge in [0, 0.05) is 44.8 Å². The summed E-state index contributed by atoms with van der Waals surface area (Å²) in [4.78, 5) is 5.08. The first-order chi connectivity index (χ1) is 8.65. The molecule has 3 nitrogen and oxygen atoms in total. The maximum atomic E-state index is 3.77. The Balaban J connectivity index is 1.60. The van der Waals surface area contributed by atoms with Gasteiger partial charge in [-0.1, -0.05) is 19.8 Å². The molecule has 1 aliphatic carbocycles. The molecule has 2 aliphatic rings. The molecule has 106 valence electrons. The van der Waals surface area contributed by atoms with Gasteiger partial charge in [0.25, 0.3) is 0 Å². The number of hydrogen-bond acceptors (Lipinski definition) is 3. The average molecular weight is 253 g/mol. The van der Waals surface area contributed by atoms with Crippen molar-refractivity contribution < 1.29 is 0 Å². The summed E-state index contributed by atoms with van der Waals surface area (Å²) < 4.78 is 0. The van der Waals surface area contributed by atoms with Gasteiger partial charge in [-0.2, -0.15) is 0 Å². The van der Waals surface area contributed by atoms with Crippen LogP contribution in [0.1, 0.15) is 39.5 Å². The van der Waals surface area contributed by atoms with Gasteiger partial charge in [0.2, 0.25) is 0 Å². The molecule has 2 fully saturated rings. The molecule has 2 rings (SSSR count). The minimum absolute atomic E-state index is 0.716. The molecule has 18 heavy (non-hydrogen) atoms. The van der Waals surface area contributed by atoms with E-state index in [-0.39, 0.29) is 0 Å². The van der Waals surface area contributed by atoms with Crippen LogP contribution in [0.5, 0.6) is 0 Å². The van der Waals surface area contributed by atoms with Gasteiger partial charge in [-0.05, 0) is 32.7 Å². The van der Waals surface area contributed by atoms with Crippen molar-refractivity contribution in [1.29, 1.82) is 0 Å². The van der Waals surface area contributed by atoms with Crippen LogP contribution in [0.2, 0.25) is 0 Å². The first-order valence-electron chi connectivity index (χ1n) is 7.81. The Morgan fingerprint density at radius 2 is 2.00 bits per heavy atom. The molecule has 0 aromatic heterocycles. The molecule has 0 spiro atoms. The van der Waals surface area contributed by atoms with E-state index >= 15 is 0 Å². The number of hydrogen-bond donors (Lipinski definition) is 1. The number of nitrogens with zero attached hydrogens (tertiary/aromatic N) is 2. The summed E-state index contributed by atoms with van der Waals surface area (Å²) in [6.07, 6.45) is 5.64. The van der Waals surface area contributed by atoms with Crippen molar-refractivity contribution in [2.45, 2.75) is 51.6 Å². The second kappa shape index (κ2) is 6.88. The zero-order valence-electron chi connectivity index (χ0n) is 12.5. The Hall–Kier alpha value is -0.120. The SMILES string of the molecule is CC1CCCC(NCCN2CCN(C)C(C)C2)C1. The fourth-order valence-corrected chi connectivity index (χ4v) is 3.37. The maximum Gasteiger partial charge on any atom is 0.0192 e. The van der Waals surface area contributed by atoms with Crippen molar-refractivity contribution in [2.75, 3.05) is 39.8 Å². The smallest absolute Gasteiger partial charge is 0.0192 e. The second-order valence-corrected chi connectivity index (χ2v) is 6.55. The summed E-state index contributed by atoms with van der Waals surface area (Å²) >= 11 is 0. The molecule has 0 aromatic carbocycles. The van der Waals surface area contributed by atoms with Crippen LogP contribution < -0.4 is 5.32 Å². The van der Waals surface area contributed by atoms with Crippen LogP contribution >= 0.6 is 0 Å². The lowest BCUT2D eigenvalue weighted by Gasteiger charge is -2.38. The number of likely N-dealkylation sites (N-methyl/N-ethyl adjacent to an activating group) is 1.